The summed E-state index contributed by atoms with van der Waals surface area (Å²) in [6, 6.07) is 8.88. The molecule has 222 valence electrons. The first-order valence-corrected chi connectivity index (χ1v) is 15.0. The number of carbonyl (C=O) groups excluding carboxylic acids is 2. The van der Waals surface area contributed by atoms with Crippen molar-refractivity contribution in [1.29, 1.82) is 0 Å². The van der Waals surface area contributed by atoms with Crippen LogP contribution in [0.25, 0.3) is 16.5 Å². The topological polar surface area (TPSA) is 128 Å². The van der Waals surface area contributed by atoms with Crippen LogP contribution in [0, 0.1) is 0 Å². The molecule has 0 saturated carbocycles. The maximum absolute atomic E-state index is 13.5. The first kappa shape index (κ1) is 30.9. The average Bonchev–Trinajstić information content (AvgIpc) is 3.37. The SMILES string of the molecule is CCOC(=O)c1nn(-c2ccc(C(F)(F)F)cc2)c(=O)c2c(NC(=O)c3ccc(S(=O)(=O)N(CC)CC)cc3)scc12. The molecular weight excluding hydrogens is 597 g/mol. The van der Waals surface area contributed by atoms with Gasteiger partial charge in [-0.1, -0.05) is 13.8 Å². The van der Waals surface area contributed by atoms with Crippen LogP contribution >= 0.6 is 11.3 Å². The van der Waals surface area contributed by atoms with E-state index in [0.29, 0.717) is 0 Å². The Bertz CT molecular complexity index is 1800. The third-order valence-electron chi connectivity index (χ3n) is 6.25. The Balaban J connectivity index is 1.75. The Morgan fingerprint density at radius 2 is 1.64 bits per heavy atom. The van der Waals surface area contributed by atoms with E-state index in [9.17, 15) is 36.0 Å². The number of esters is 1. The Morgan fingerprint density at radius 3 is 2.19 bits per heavy atom. The van der Waals surface area contributed by atoms with Gasteiger partial charge in [-0.2, -0.15) is 27.3 Å². The number of nitrogens with one attached hydrogen (secondary N) is 1. The van der Waals surface area contributed by atoms with Crippen molar-refractivity contribution in [3.05, 3.63) is 81.1 Å². The minimum absolute atomic E-state index is 0.00483. The smallest absolute Gasteiger partial charge is 0.416 e. The third kappa shape index (κ3) is 5.93. The molecule has 2 aromatic carbocycles. The normalized spacial score (nSPS) is 12.1. The summed E-state index contributed by atoms with van der Waals surface area (Å²) in [7, 11) is -3.74. The van der Waals surface area contributed by atoms with Gasteiger partial charge in [0, 0.05) is 29.4 Å². The second-order valence-corrected chi connectivity index (χ2v) is 11.6. The number of sulfonamides is 1. The summed E-state index contributed by atoms with van der Waals surface area (Å²) in [5.74, 6) is -1.54. The van der Waals surface area contributed by atoms with Crippen molar-refractivity contribution in [2.24, 2.45) is 0 Å². The number of hydrogen-bond acceptors (Lipinski definition) is 8. The number of aromatic nitrogens is 2. The molecule has 1 amide bonds. The number of ether oxygens (including phenoxy) is 1. The zero-order valence-electron chi connectivity index (χ0n) is 22.6. The molecule has 10 nitrogen and oxygen atoms in total. The second kappa shape index (κ2) is 12.0. The zero-order valence-corrected chi connectivity index (χ0v) is 24.2. The molecule has 0 fully saturated rings. The van der Waals surface area contributed by atoms with Crippen LogP contribution in [0.5, 0.6) is 0 Å². The summed E-state index contributed by atoms with van der Waals surface area (Å²) in [6.45, 7) is 5.54. The first-order valence-electron chi connectivity index (χ1n) is 12.6. The molecule has 2 heterocycles. The van der Waals surface area contributed by atoms with Crippen molar-refractivity contribution in [3.8, 4) is 5.69 Å². The number of amides is 1. The first-order chi connectivity index (χ1) is 19.8. The van der Waals surface area contributed by atoms with Gasteiger partial charge in [-0.05, 0) is 55.5 Å². The van der Waals surface area contributed by atoms with Crippen molar-refractivity contribution in [3.63, 3.8) is 0 Å². The number of alkyl halides is 3. The highest BCUT2D eigenvalue weighted by molar-refractivity contribution is 7.89. The van der Waals surface area contributed by atoms with E-state index in [4.69, 9.17) is 4.74 Å². The molecule has 0 unspecified atom stereocenters. The zero-order chi connectivity index (χ0) is 30.8. The molecule has 0 aliphatic rings. The number of thiophene rings is 1. The van der Waals surface area contributed by atoms with Crippen molar-refractivity contribution >= 4 is 49.0 Å². The molecule has 1 N–H and O–H groups in total. The van der Waals surface area contributed by atoms with E-state index in [1.807, 2.05) is 0 Å². The monoisotopic (exact) mass is 622 g/mol. The summed E-state index contributed by atoms with van der Waals surface area (Å²) in [6.07, 6.45) is -4.60. The van der Waals surface area contributed by atoms with Crippen LogP contribution in [0.1, 0.15) is 47.2 Å². The predicted octanol–water partition coefficient (Wildman–Crippen LogP) is 4.93. The lowest BCUT2D eigenvalue weighted by atomic mass is 10.2. The quantitative estimate of drug-likeness (QED) is 0.262. The largest absolute Gasteiger partial charge is 0.461 e. The molecule has 0 aliphatic heterocycles. The maximum atomic E-state index is 13.5. The van der Waals surface area contributed by atoms with Gasteiger partial charge in [0.05, 0.1) is 28.1 Å². The van der Waals surface area contributed by atoms with Gasteiger partial charge < -0.3 is 10.1 Å². The lowest BCUT2D eigenvalue weighted by molar-refractivity contribution is -0.137. The lowest BCUT2D eigenvalue weighted by Gasteiger charge is -2.18. The van der Waals surface area contributed by atoms with Gasteiger partial charge in [0.25, 0.3) is 11.5 Å². The lowest BCUT2D eigenvalue weighted by Crippen LogP contribution is -2.30. The summed E-state index contributed by atoms with van der Waals surface area (Å²) in [4.78, 5) is 39.3. The van der Waals surface area contributed by atoms with E-state index < -0.39 is 39.2 Å². The van der Waals surface area contributed by atoms with Crippen LogP contribution in [0.3, 0.4) is 0 Å². The fourth-order valence-electron chi connectivity index (χ4n) is 4.12. The molecule has 15 heteroatoms. The van der Waals surface area contributed by atoms with Gasteiger partial charge in [-0.3, -0.25) is 9.59 Å². The molecule has 0 saturated heterocycles. The summed E-state index contributed by atoms with van der Waals surface area (Å²) in [5, 5.41) is 8.15. The third-order valence-corrected chi connectivity index (χ3v) is 9.21. The molecule has 0 aliphatic carbocycles. The van der Waals surface area contributed by atoms with Gasteiger partial charge in [-0.15, -0.1) is 11.3 Å². The van der Waals surface area contributed by atoms with Crippen molar-refractivity contribution in [2.75, 3.05) is 25.0 Å². The number of rotatable bonds is 9. The van der Waals surface area contributed by atoms with Crippen LogP contribution in [-0.2, 0) is 20.9 Å². The number of fused-ring (bicyclic) bond motifs is 1. The molecule has 0 atom stereocenters. The number of hydrogen-bond donors (Lipinski definition) is 1. The van der Waals surface area contributed by atoms with Crippen molar-refractivity contribution in [2.45, 2.75) is 31.8 Å². The van der Waals surface area contributed by atoms with Crippen molar-refractivity contribution in [1.82, 2.24) is 14.1 Å². The highest BCUT2D eigenvalue weighted by Crippen LogP contribution is 2.32. The van der Waals surface area contributed by atoms with Gasteiger partial charge >= 0.3 is 12.1 Å². The Labute approximate surface area is 242 Å². The molecule has 4 rings (SSSR count). The van der Waals surface area contributed by atoms with E-state index in [0.717, 1.165) is 40.3 Å². The fourth-order valence-corrected chi connectivity index (χ4v) is 6.51. The van der Waals surface area contributed by atoms with Crippen molar-refractivity contribution < 1.29 is 35.9 Å². The Morgan fingerprint density at radius 1 is 1.02 bits per heavy atom. The van der Waals surface area contributed by atoms with Crippen LogP contribution in [0.2, 0.25) is 0 Å². The molecule has 2 aromatic heterocycles. The summed E-state index contributed by atoms with van der Waals surface area (Å²) in [5.41, 5.74) is -1.96. The summed E-state index contributed by atoms with van der Waals surface area (Å²) >= 11 is 0.932. The van der Waals surface area contributed by atoms with E-state index >= 15 is 0 Å². The van der Waals surface area contributed by atoms with Crippen LogP contribution in [0.15, 0.2) is 63.6 Å². The number of anilines is 1. The highest BCUT2D eigenvalue weighted by atomic mass is 32.2. The van der Waals surface area contributed by atoms with E-state index in [1.165, 1.54) is 34.0 Å². The van der Waals surface area contributed by atoms with Gasteiger partial charge in [-0.25, -0.2) is 13.2 Å². The molecule has 0 spiro atoms. The number of halogens is 3. The predicted molar refractivity (Wildman–Crippen MR) is 151 cm³/mol. The van der Waals surface area contributed by atoms with E-state index in [2.05, 4.69) is 10.4 Å². The minimum Gasteiger partial charge on any atom is -0.461 e. The number of nitrogens with zero attached hydrogens (tertiary/aromatic N) is 3. The fraction of sp³-hybridized carbons (Fsp3) is 0.259. The molecule has 42 heavy (non-hydrogen) atoms. The Hall–Kier alpha value is -4.08. The van der Waals surface area contributed by atoms with E-state index in [1.54, 1.807) is 20.8 Å². The van der Waals surface area contributed by atoms with E-state index in [-0.39, 0.29) is 57.3 Å². The molecular formula is C27H25F3N4O6S2. The van der Waals surface area contributed by atoms with Gasteiger partial charge in [0.2, 0.25) is 10.0 Å². The second-order valence-electron chi connectivity index (χ2n) is 8.75. The molecule has 0 radical (unpaired) electrons. The van der Waals surface area contributed by atoms with Crippen LogP contribution in [-0.4, -0.2) is 54.1 Å². The standard InChI is InChI=1S/C27H25F3N4O6S2/c1-4-33(5-2)42(38,39)19-13-7-16(8-14-19)23(35)31-24-21-20(15-41-24)22(26(37)40-6-3)32-34(25(21)36)18-11-9-17(10-12-18)27(28,29)30/h7-15H,4-6H2,1-3H3,(H,31,35). The molecule has 0 bridgehead atoms. The number of carbonyl (C=O) groups is 2. The van der Waals surface area contributed by atoms with Gasteiger partial charge in [0.15, 0.2) is 5.69 Å². The maximum Gasteiger partial charge on any atom is 0.416 e. The minimum atomic E-state index is -4.60. The molecule has 4 aromatic rings. The summed E-state index contributed by atoms with van der Waals surface area (Å²) < 4.78 is 71.8. The number of benzene rings is 2. The van der Waals surface area contributed by atoms with Gasteiger partial charge in [0.1, 0.15) is 5.00 Å². The highest BCUT2D eigenvalue weighted by Gasteiger charge is 2.30. The van der Waals surface area contributed by atoms with Crippen LogP contribution < -0.4 is 10.9 Å². The Kier molecular flexibility index (Phi) is 8.84. The van der Waals surface area contributed by atoms with Crippen LogP contribution in [0.4, 0.5) is 18.2 Å². The average molecular weight is 623 g/mol.